The van der Waals surface area contributed by atoms with Crippen LogP contribution in [-0.4, -0.2) is 15.5 Å². The highest BCUT2D eigenvalue weighted by molar-refractivity contribution is 7.18. The number of nitrogens with zero attached hydrogens (tertiary/aromatic N) is 2. The quantitative estimate of drug-likeness (QED) is 0.473. The predicted octanol–water partition coefficient (Wildman–Crippen LogP) is 4.68. The van der Waals surface area contributed by atoms with Gasteiger partial charge in [0.2, 0.25) is 0 Å². The van der Waals surface area contributed by atoms with Crippen LogP contribution >= 0.6 is 11.3 Å². The number of esters is 1. The number of carbonyl (C=O) groups excluding carboxylic acids is 1. The minimum atomic E-state index is -0.364. The van der Waals surface area contributed by atoms with Crippen molar-refractivity contribution in [3.05, 3.63) is 56.4 Å². The highest BCUT2D eigenvalue weighted by atomic mass is 32.1. The normalized spacial score (nSPS) is 11.8. The van der Waals surface area contributed by atoms with Gasteiger partial charge in [0, 0.05) is 11.4 Å². The van der Waals surface area contributed by atoms with E-state index in [0.717, 1.165) is 20.8 Å². The number of hydrogen-bond donors (Lipinski definition) is 0. The van der Waals surface area contributed by atoms with E-state index in [4.69, 9.17) is 4.74 Å². The molecule has 148 valence electrons. The minimum Gasteiger partial charge on any atom is -0.426 e. The van der Waals surface area contributed by atoms with Crippen LogP contribution in [-0.2, 0) is 16.8 Å². The number of fused-ring (bicyclic) bond motifs is 1. The van der Waals surface area contributed by atoms with E-state index in [-0.39, 0.29) is 29.9 Å². The Hall–Kier alpha value is -2.47. The maximum absolute atomic E-state index is 12.7. The van der Waals surface area contributed by atoms with Gasteiger partial charge < -0.3 is 4.74 Å². The average Bonchev–Trinajstić information content (AvgIpc) is 2.90. The van der Waals surface area contributed by atoms with Crippen LogP contribution in [0.15, 0.2) is 29.3 Å². The summed E-state index contributed by atoms with van der Waals surface area (Å²) >= 11 is 1.52. The Morgan fingerprint density at radius 2 is 1.93 bits per heavy atom. The second-order valence-corrected chi connectivity index (χ2v) is 9.36. The third-order valence-electron chi connectivity index (χ3n) is 4.98. The van der Waals surface area contributed by atoms with Crippen LogP contribution < -0.4 is 10.3 Å². The molecule has 0 N–H and O–H groups in total. The number of thiophene rings is 1. The second kappa shape index (κ2) is 7.51. The molecule has 0 fully saturated rings. The van der Waals surface area contributed by atoms with Gasteiger partial charge in [-0.05, 0) is 48.9 Å². The SMILES string of the molecule is Cc1cc(C(C)(C)C)ccc1OC(=O)CCn1cnc2sc(C)c(C)c2c1=O. The molecule has 0 saturated carbocycles. The first-order valence-electron chi connectivity index (χ1n) is 9.35. The maximum atomic E-state index is 12.7. The lowest BCUT2D eigenvalue weighted by Crippen LogP contribution is -2.23. The van der Waals surface area contributed by atoms with Gasteiger partial charge in [0.1, 0.15) is 10.6 Å². The van der Waals surface area contributed by atoms with Gasteiger partial charge in [-0.15, -0.1) is 11.3 Å². The highest BCUT2D eigenvalue weighted by Crippen LogP contribution is 2.28. The summed E-state index contributed by atoms with van der Waals surface area (Å²) in [5.74, 6) is 0.194. The summed E-state index contributed by atoms with van der Waals surface area (Å²) in [4.78, 5) is 31.2. The van der Waals surface area contributed by atoms with Crippen molar-refractivity contribution in [3.63, 3.8) is 0 Å². The van der Waals surface area contributed by atoms with E-state index in [0.29, 0.717) is 11.1 Å². The minimum absolute atomic E-state index is 0.0399. The fraction of sp³-hybridized carbons (Fsp3) is 0.409. The molecule has 0 spiro atoms. The lowest BCUT2D eigenvalue weighted by molar-refractivity contribution is -0.134. The number of aromatic nitrogens is 2. The first-order chi connectivity index (χ1) is 13.1. The van der Waals surface area contributed by atoms with Crippen molar-refractivity contribution < 1.29 is 9.53 Å². The van der Waals surface area contributed by atoms with Gasteiger partial charge in [-0.3, -0.25) is 14.2 Å². The Morgan fingerprint density at radius 3 is 2.57 bits per heavy atom. The molecule has 5 nitrogen and oxygen atoms in total. The van der Waals surface area contributed by atoms with Crippen molar-refractivity contribution in [3.8, 4) is 5.75 Å². The van der Waals surface area contributed by atoms with E-state index in [9.17, 15) is 9.59 Å². The third-order valence-corrected chi connectivity index (χ3v) is 6.09. The summed E-state index contributed by atoms with van der Waals surface area (Å²) < 4.78 is 7.00. The van der Waals surface area contributed by atoms with E-state index in [1.807, 2.05) is 39.0 Å². The molecule has 0 aliphatic rings. The summed E-state index contributed by atoms with van der Waals surface area (Å²) in [6.45, 7) is 12.5. The molecule has 0 unspecified atom stereocenters. The van der Waals surface area contributed by atoms with Crippen molar-refractivity contribution in [2.45, 2.75) is 59.9 Å². The zero-order valence-electron chi connectivity index (χ0n) is 17.3. The molecule has 3 rings (SSSR count). The standard InChI is InChI=1S/C22H26N2O3S/c1-13-11-16(22(4,5)6)7-8-17(13)27-18(25)9-10-24-12-23-20-19(21(24)26)14(2)15(3)28-20/h7-8,11-12H,9-10H2,1-6H3. The lowest BCUT2D eigenvalue weighted by Gasteiger charge is -2.20. The summed E-state index contributed by atoms with van der Waals surface area (Å²) in [7, 11) is 0. The Balaban J connectivity index is 1.71. The molecular weight excluding hydrogens is 372 g/mol. The molecule has 0 bridgehead atoms. The monoisotopic (exact) mass is 398 g/mol. The molecule has 0 atom stereocenters. The van der Waals surface area contributed by atoms with E-state index in [1.54, 1.807) is 0 Å². The molecule has 28 heavy (non-hydrogen) atoms. The first kappa shape index (κ1) is 20.3. The zero-order valence-corrected chi connectivity index (χ0v) is 18.1. The van der Waals surface area contributed by atoms with Crippen molar-refractivity contribution in [1.29, 1.82) is 0 Å². The predicted molar refractivity (Wildman–Crippen MR) is 113 cm³/mol. The summed E-state index contributed by atoms with van der Waals surface area (Å²) in [5.41, 5.74) is 3.01. The maximum Gasteiger partial charge on any atom is 0.313 e. The van der Waals surface area contributed by atoms with Gasteiger partial charge >= 0.3 is 5.97 Å². The van der Waals surface area contributed by atoms with Crippen LogP contribution in [0.5, 0.6) is 5.75 Å². The fourth-order valence-electron chi connectivity index (χ4n) is 3.05. The average molecular weight is 399 g/mol. The molecule has 2 aromatic heterocycles. The van der Waals surface area contributed by atoms with Gasteiger partial charge in [0.15, 0.2) is 0 Å². The topological polar surface area (TPSA) is 61.2 Å². The Labute approximate surface area is 169 Å². The van der Waals surface area contributed by atoms with Crippen molar-refractivity contribution in [2.24, 2.45) is 0 Å². The molecule has 0 saturated heterocycles. The largest absolute Gasteiger partial charge is 0.426 e. The number of ether oxygens (including phenoxy) is 1. The van der Waals surface area contributed by atoms with Gasteiger partial charge in [-0.2, -0.15) is 0 Å². The van der Waals surface area contributed by atoms with Gasteiger partial charge in [0.25, 0.3) is 5.56 Å². The number of benzene rings is 1. The van der Waals surface area contributed by atoms with Crippen molar-refractivity contribution >= 4 is 27.5 Å². The van der Waals surface area contributed by atoms with E-state index in [1.165, 1.54) is 27.8 Å². The van der Waals surface area contributed by atoms with E-state index in [2.05, 4.69) is 25.8 Å². The highest BCUT2D eigenvalue weighted by Gasteiger charge is 2.17. The van der Waals surface area contributed by atoms with E-state index < -0.39 is 0 Å². The molecule has 3 aromatic rings. The van der Waals surface area contributed by atoms with Crippen LogP contribution in [0.1, 0.15) is 48.8 Å². The Kier molecular flexibility index (Phi) is 5.44. The molecule has 2 heterocycles. The van der Waals surface area contributed by atoms with Crippen LogP contribution in [0.3, 0.4) is 0 Å². The number of rotatable bonds is 4. The van der Waals surface area contributed by atoms with Crippen LogP contribution in [0.4, 0.5) is 0 Å². The Morgan fingerprint density at radius 1 is 1.21 bits per heavy atom. The number of aryl methyl sites for hydroxylation is 4. The summed E-state index contributed by atoms with van der Waals surface area (Å²) in [6, 6.07) is 5.87. The molecular formula is C22H26N2O3S. The molecule has 0 aliphatic heterocycles. The fourth-order valence-corrected chi connectivity index (χ4v) is 4.03. The van der Waals surface area contributed by atoms with Crippen LogP contribution in [0, 0.1) is 20.8 Å². The van der Waals surface area contributed by atoms with Gasteiger partial charge in [-0.1, -0.05) is 32.9 Å². The number of hydrogen-bond acceptors (Lipinski definition) is 5. The smallest absolute Gasteiger partial charge is 0.313 e. The summed E-state index contributed by atoms with van der Waals surface area (Å²) in [6.07, 6.45) is 1.62. The third kappa shape index (κ3) is 4.02. The van der Waals surface area contributed by atoms with E-state index >= 15 is 0 Å². The first-order valence-corrected chi connectivity index (χ1v) is 10.2. The lowest BCUT2D eigenvalue weighted by atomic mass is 9.86. The second-order valence-electron chi connectivity index (χ2n) is 8.16. The van der Waals surface area contributed by atoms with Crippen LogP contribution in [0.25, 0.3) is 10.2 Å². The molecule has 0 amide bonds. The van der Waals surface area contributed by atoms with Gasteiger partial charge in [0.05, 0.1) is 18.1 Å². The van der Waals surface area contributed by atoms with Gasteiger partial charge in [-0.25, -0.2) is 4.98 Å². The molecule has 6 heteroatoms. The number of carbonyl (C=O) groups is 1. The summed E-state index contributed by atoms with van der Waals surface area (Å²) in [5, 5.41) is 0.645. The van der Waals surface area contributed by atoms with Crippen LogP contribution in [0.2, 0.25) is 0 Å². The molecule has 1 aromatic carbocycles. The molecule has 0 aliphatic carbocycles. The van der Waals surface area contributed by atoms with Crippen molar-refractivity contribution in [1.82, 2.24) is 9.55 Å². The molecule has 0 radical (unpaired) electrons. The Bertz CT molecular complexity index is 1100. The van der Waals surface area contributed by atoms with Crippen molar-refractivity contribution in [2.75, 3.05) is 0 Å². The zero-order chi connectivity index (χ0) is 20.6.